The van der Waals surface area contributed by atoms with E-state index in [0.29, 0.717) is 17.8 Å². The Morgan fingerprint density at radius 3 is 2.53 bits per heavy atom. The van der Waals surface area contributed by atoms with Crippen LogP contribution in [0.1, 0.15) is 17.3 Å². The topological polar surface area (TPSA) is 75.3 Å². The number of carbonyl (C=O) groups is 1. The van der Waals surface area contributed by atoms with Crippen molar-refractivity contribution in [2.45, 2.75) is 6.92 Å². The van der Waals surface area contributed by atoms with Gasteiger partial charge in [-0.05, 0) is 25.1 Å². The van der Waals surface area contributed by atoms with Gasteiger partial charge >= 0.3 is 0 Å². The van der Waals surface area contributed by atoms with Crippen molar-refractivity contribution < 1.29 is 13.2 Å². The van der Waals surface area contributed by atoms with Gasteiger partial charge in [0, 0.05) is 12.2 Å². The Hall–Kier alpha value is -1.27. The summed E-state index contributed by atoms with van der Waals surface area (Å²) in [4.78, 5) is 11.5. The second kappa shape index (κ2) is 5.37. The molecule has 0 spiro atoms. The number of hydrogen-bond donors (Lipinski definition) is 2. The average molecular weight is 277 g/mol. The van der Waals surface area contributed by atoms with Crippen LogP contribution in [0.3, 0.4) is 0 Å². The first kappa shape index (κ1) is 13.8. The zero-order valence-electron chi connectivity index (χ0n) is 9.45. The molecule has 17 heavy (non-hydrogen) atoms. The van der Waals surface area contributed by atoms with E-state index in [-0.39, 0.29) is 10.9 Å². The predicted molar refractivity (Wildman–Crippen MR) is 67.9 cm³/mol. The summed E-state index contributed by atoms with van der Waals surface area (Å²) >= 11 is 5.89. The average Bonchev–Trinajstić information content (AvgIpc) is 2.15. The molecule has 1 amide bonds. The number of sulfonamides is 1. The molecule has 2 N–H and O–H groups in total. The third-order valence-electron chi connectivity index (χ3n) is 1.85. The summed E-state index contributed by atoms with van der Waals surface area (Å²) < 4.78 is 24.3. The molecular weight excluding hydrogens is 264 g/mol. The van der Waals surface area contributed by atoms with Gasteiger partial charge in [0.2, 0.25) is 10.0 Å². The minimum Gasteiger partial charge on any atom is -0.352 e. The van der Waals surface area contributed by atoms with E-state index in [0.717, 1.165) is 6.26 Å². The van der Waals surface area contributed by atoms with Crippen LogP contribution in [-0.2, 0) is 10.0 Å². The van der Waals surface area contributed by atoms with Gasteiger partial charge < -0.3 is 5.32 Å². The Morgan fingerprint density at radius 2 is 2.06 bits per heavy atom. The van der Waals surface area contributed by atoms with Crippen LogP contribution in [-0.4, -0.2) is 27.1 Å². The Bertz CT molecular complexity index is 528. The summed E-state index contributed by atoms with van der Waals surface area (Å²) in [6.07, 6.45) is 1.04. The van der Waals surface area contributed by atoms with E-state index in [1.165, 1.54) is 18.2 Å². The lowest BCUT2D eigenvalue weighted by Gasteiger charge is -2.08. The summed E-state index contributed by atoms with van der Waals surface area (Å²) in [5.74, 6) is -0.289. The summed E-state index contributed by atoms with van der Waals surface area (Å²) in [6.45, 7) is 2.30. The van der Waals surface area contributed by atoms with E-state index in [4.69, 9.17) is 11.6 Å². The van der Waals surface area contributed by atoms with Gasteiger partial charge in [-0.2, -0.15) is 0 Å². The van der Waals surface area contributed by atoms with Crippen molar-refractivity contribution in [2.24, 2.45) is 0 Å². The maximum absolute atomic E-state index is 11.5. The van der Waals surface area contributed by atoms with Gasteiger partial charge in [-0.3, -0.25) is 9.52 Å². The molecule has 94 valence electrons. The molecule has 1 rings (SSSR count). The molecule has 0 bridgehead atoms. The van der Waals surface area contributed by atoms with Crippen molar-refractivity contribution in [3.8, 4) is 0 Å². The van der Waals surface area contributed by atoms with E-state index >= 15 is 0 Å². The highest BCUT2D eigenvalue weighted by Crippen LogP contribution is 2.21. The highest BCUT2D eigenvalue weighted by molar-refractivity contribution is 7.92. The number of nitrogens with one attached hydrogen (secondary N) is 2. The maximum Gasteiger partial charge on any atom is 0.252 e. The van der Waals surface area contributed by atoms with Crippen LogP contribution >= 0.6 is 11.6 Å². The highest BCUT2D eigenvalue weighted by atomic mass is 35.5. The number of carbonyl (C=O) groups excluding carboxylic acids is 1. The maximum atomic E-state index is 11.5. The molecule has 0 aliphatic carbocycles. The first-order valence-electron chi connectivity index (χ1n) is 4.89. The second-order valence-electron chi connectivity index (χ2n) is 3.43. The summed E-state index contributed by atoms with van der Waals surface area (Å²) in [6, 6.07) is 4.35. The summed E-state index contributed by atoms with van der Waals surface area (Å²) in [5, 5.41) is 2.81. The quantitative estimate of drug-likeness (QED) is 0.874. The smallest absolute Gasteiger partial charge is 0.252 e. The van der Waals surface area contributed by atoms with Crippen LogP contribution < -0.4 is 10.0 Å². The minimum absolute atomic E-state index is 0.199. The molecule has 0 fully saturated rings. The SMILES string of the molecule is CCNC(=O)c1ccc(NS(C)(=O)=O)cc1Cl. The van der Waals surface area contributed by atoms with Crippen LogP contribution in [0.15, 0.2) is 18.2 Å². The molecule has 1 aromatic carbocycles. The number of amides is 1. The third-order valence-corrected chi connectivity index (χ3v) is 2.77. The van der Waals surface area contributed by atoms with Gasteiger partial charge in [-0.25, -0.2) is 8.42 Å². The zero-order chi connectivity index (χ0) is 13.1. The van der Waals surface area contributed by atoms with Gasteiger partial charge in [-0.1, -0.05) is 11.6 Å². The molecule has 7 heteroatoms. The fourth-order valence-electron chi connectivity index (χ4n) is 1.23. The standard InChI is InChI=1S/C10H13ClN2O3S/c1-3-12-10(14)8-5-4-7(6-9(8)11)13-17(2,15)16/h4-6,13H,3H2,1-2H3,(H,12,14). The van der Waals surface area contributed by atoms with E-state index in [9.17, 15) is 13.2 Å². The first-order valence-corrected chi connectivity index (χ1v) is 7.16. The monoisotopic (exact) mass is 276 g/mol. The third kappa shape index (κ3) is 4.24. The van der Waals surface area contributed by atoms with Gasteiger partial charge in [-0.15, -0.1) is 0 Å². The molecule has 0 saturated carbocycles. The Kier molecular flexibility index (Phi) is 4.36. The molecule has 1 aromatic rings. The number of rotatable bonds is 4. The normalized spacial score (nSPS) is 11.0. The molecular formula is C10H13ClN2O3S. The molecule has 0 atom stereocenters. The lowest BCUT2D eigenvalue weighted by atomic mass is 10.2. The predicted octanol–water partition coefficient (Wildman–Crippen LogP) is 1.46. The molecule has 0 aliphatic rings. The molecule has 5 nitrogen and oxygen atoms in total. The van der Waals surface area contributed by atoms with Crippen LogP contribution in [0.4, 0.5) is 5.69 Å². The van der Waals surface area contributed by atoms with Crippen LogP contribution in [0.5, 0.6) is 0 Å². The van der Waals surface area contributed by atoms with E-state index in [2.05, 4.69) is 10.0 Å². The van der Waals surface area contributed by atoms with Crippen LogP contribution in [0.25, 0.3) is 0 Å². The Labute approximate surface area is 105 Å². The van der Waals surface area contributed by atoms with Crippen molar-refractivity contribution in [2.75, 3.05) is 17.5 Å². The summed E-state index contributed by atoms with van der Waals surface area (Å²) in [7, 11) is -3.35. The highest BCUT2D eigenvalue weighted by Gasteiger charge is 2.11. The number of benzene rings is 1. The van der Waals surface area contributed by atoms with E-state index in [1.54, 1.807) is 6.92 Å². The second-order valence-corrected chi connectivity index (χ2v) is 5.58. The molecule has 0 aromatic heterocycles. The van der Waals surface area contributed by atoms with Gasteiger partial charge in [0.05, 0.1) is 16.8 Å². The van der Waals surface area contributed by atoms with E-state index in [1.807, 2.05) is 0 Å². The largest absolute Gasteiger partial charge is 0.352 e. The first-order chi connectivity index (χ1) is 7.83. The molecule has 0 unspecified atom stereocenters. The lowest BCUT2D eigenvalue weighted by Crippen LogP contribution is -2.23. The van der Waals surface area contributed by atoms with Gasteiger partial charge in [0.25, 0.3) is 5.91 Å². The lowest BCUT2D eigenvalue weighted by molar-refractivity contribution is 0.0956. The van der Waals surface area contributed by atoms with Crippen LogP contribution in [0, 0.1) is 0 Å². The molecule has 0 heterocycles. The van der Waals surface area contributed by atoms with Crippen molar-refractivity contribution in [1.82, 2.24) is 5.32 Å². The number of anilines is 1. The van der Waals surface area contributed by atoms with Crippen molar-refractivity contribution >= 4 is 33.2 Å². The fraction of sp³-hybridized carbons (Fsp3) is 0.300. The fourth-order valence-corrected chi connectivity index (χ4v) is 2.05. The zero-order valence-corrected chi connectivity index (χ0v) is 11.0. The van der Waals surface area contributed by atoms with Crippen molar-refractivity contribution in [3.63, 3.8) is 0 Å². The molecule has 0 saturated heterocycles. The van der Waals surface area contributed by atoms with E-state index < -0.39 is 10.0 Å². The number of halogens is 1. The van der Waals surface area contributed by atoms with Gasteiger partial charge in [0.1, 0.15) is 0 Å². The van der Waals surface area contributed by atoms with Gasteiger partial charge in [0.15, 0.2) is 0 Å². The summed E-state index contributed by atoms with van der Waals surface area (Å²) in [5.41, 5.74) is 0.637. The molecule has 0 radical (unpaired) electrons. The Morgan fingerprint density at radius 1 is 1.41 bits per heavy atom. The Balaban J connectivity index is 2.98. The van der Waals surface area contributed by atoms with Crippen molar-refractivity contribution in [3.05, 3.63) is 28.8 Å². The van der Waals surface area contributed by atoms with Crippen molar-refractivity contribution in [1.29, 1.82) is 0 Å². The van der Waals surface area contributed by atoms with Crippen LogP contribution in [0.2, 0.25) is 5.02 Å². The number of hydrogen-bond acceptors (Lipinski definition) is 3. The minimum atomic E-state index is -3.35. The molecule has 0 aliphatic heterocycles.